The van der Waals surface area contributed by atoms with E-state index in [1.165, 1.54) is 12.5 Å². The number of hydrogen-bond acceptors (Lipinski definition) is 3. The first kappa shape index (κ1) is 19.2. The van der Waals surface area contributed by atoms with Crippen molar-refractivity contribution in [2.45, 2.75) is 17.6 Å². The maximum atomic E-state index is 12.5. The molecule has 1 amide bonds. The van der Waals surface area contributed by atoms with Crippen molar-refractivity contribution in [3.8, 4) is 0 Å². The highest BCUT2D eigenvalue weighted by Crippen LogP contribution is 2.24. The third-order valence-corrected chi connectivity index (χ3v) is 5.28. The average Bonchev–Trinajstić information content (AvgIpc) is 2.68. The smallest absolute Gasteiger partial charge is 0.255 e. The van der Waals surface area contributed by atoms with Gasteiger partial charge in [0.25, 0.3) is 5.91 Å². The van der Waals surface area contributed by atoms with Crippen molar-refractivity contribution in [2.75, 3.05) is 5.32 Å². The molecule has 3 nitrogen and oxygen atoms in total. The Hall–Kier alpha value is -2.56. The molecule has 3 aromatic rings. The summed E-state index contributed by atoms with van der Waals surface area (Å²) in [6.07, 6.45) is 0. The minimum absolute atomic E-state index is 0.00158. The number of rotatable bonds is 6. The summed E-state index contributed by atoms with van der Waals surface area (Å²) in [4.78, 5) is 24.8. The van der Waals surface area contributed by atoms with Gasteiger partial charge in [0.1, 0.15) is 0 Å². The average molecular weight is 396 g/mol. The van der Waals surface area contributed by atoms with Crippen LogP contribution in [0.4, 0.5) is 5.69 Å². The second-order valence-corrected chi connectivity index (χ2v) is 7.52. The zero-order chi connectivity index (χ0) is 19.2. The Kier molecular flexibility index (Phi) is 6.32. The molecule has 3 rings (SSSR count). The van der Waals surface area contributed by atoms with Crippen molar-refractivity contribution >= 4 is 40.7 Å². The number of hydrogen-bond donors (Lipinski definition) is 1. The van der Waals surface area contributed by atoms with Gasteiger partial charge in [-0.25, -0.2) is 0 Å². The van der Waals surface area contributed by atoms with E-state index < -0.39 is 0 Å². The van der Waals surface area contributed by atoms with Crippen molar-refractivity contribution in [3.63, 3.8) is 0 Å². The second-order valence-electron chi connectivity index (χ2n) is 6.03. The predicted molar refractivity (Wildman–Crippen MR) is 112 cm³/mol. The molecule has 1 N–H and O–H groups in total. The van der Waals surface area contributed by atoms with E-state index in [2.05, 4.69) is 5.32 Å². The summed E-state index contributed by atoms with van der Waals surface area (Å²) in [5.41, 5.74) is 3.04. The van der Waals surface area contributed by atoms with E-state index in [4.69, 9.17) is 11.6 Å². The monoisotopic (exact) mass is 395 g/mol. The fourth-order valence-electron chi connectivity index (χ4n) is 2.47. The van der Waals surface area contributed by atoms with Gasteiger partial charge in [0.15, 0.2) is 5.78 Å². The molecular formula is C22H18ClNO2S. The Morgan fingerprint density at radius 3 is 2.30 bits per heavy atom. The lowest BCUT2D eigenvalue weighted by atomic mass is 10.1. The molecule has 0 bridgehead atoms. The summed E-state index contributed by atoms with van der Waals surface area (Å²) in [5, 5.41) is 3.58. The van der Waals surface area contributed by atoms with E-state index in [9.17, 15) is 9.59 Å². The van der Waals surface area contributed by atoms with Crippen molar-refractivity contribution in [3.05, 3.63) is 94.5 Å². The van der Waals surface area contributed by atoms with E-state index in [1.54, 1.807) is 42.1 Å². The maximum absolute atomic E-state index is 12.5. The predicted octanol–water partition coefficient (Wildman–Crippen LogP) is 6.09. The van der Waals surface area contributed by atoms with Crippen LogP contribution in [0.2, 0.25) is 5.02 Å². The van der Waals surface area contributed by atoms with Crippen LogP contribution in [0.15, 0.2) is 77.7 Å². The van der Waals surface area contributed by atoms with Crippen molar-refractivity contribution in [1.82, 2.24) is 0 Å². The van der Waals surface area contributed by atoms with Gasteiger partial charge in [0.05, 0.1) is 0 Å². The van der Waals surface area contributed by atoms with Gasteiger partial charge in [0.2, 0.25) is 0 Å². The van der Waals surface area contributed by atoms with Gasteiger partial charge >= 0.3 is 0 Å². The SMILES string of the molecule is CC(=O)c1ccc(NC(=O)c2cccc(SCc3ccc(Cl)cc3)c2)cc1. The molecule has 27 heavy (non-hydrogen) atoms. The Labute approximate surface area is 167 Å². The summed E-state index contributed by atoms with van der Waals surface area (Å²) in [7, 11) is 0. The van der Waals surface area contributed by atoms with Gasteiger partial charge in [-0.05, 0) is 67.1 Å². The van der Waals surface area contributed by atoms with Crippen LogP contribution < -0.4 is 5.32 Å². The molecule has 0 fully saturated rings. The summed E-state index contributed by atoms with van der Waals surface area (Å²) in [6.45, 7) is 1.51. The fourth-order valence-corrected chi connectivity index (χ4v) is 3.50. The van der Waals surface area contributed by atoms with E-state index in [0.717, 1.165) is 15.7 Å². The largest absolute Gasteiger partial charge is 0.322 e. The summed E-state index contributed by atoms with van der Waals surface area (Å²) in [6, 6.07) is 22.1. The van der Waals surface area contributed by atoms with Crippen LogP contribution in [0.5, 0.6) is 0 Å². The van der Waals surface area contributed by atoms with Gasteiger partial charge in [-0.15, -0.1) is 11.8 Å². The molecular weight excluding hydrogens is 378 g/mol. The van der Waals surface area contributed by atoms with E-state index in [1.807, 2.05) is 42.5 Å². The number of carbonyl (C=O) groups excluding carboxylic acids is 2. The lowest BCUT2D eigenvalue weighted by molar-refractivity contribution is 0.101. The maximum Gasteiger partial charge on any atom is 0.255 e. The minimum atomic E-state index is -0.181. The molecule has 0 saturated heterocycles. The van der Waals surface area contributed by atoms with E-state index in [-0.39, 0.29) is 11.7 Å². The first-order valence-corrected chi connectivity index (χ1v) is 9.77. The molecule has 0 spiro atoms. The normalized spacial score (nSPS) is 10.4. The van der Waals surface area contributed by atoms with Crippen LogP contribution in [0, 0.1) is 0 Å². The number of ketones is 1. The van der Waals surface area contributed by atoms with Crippen LogP contribution in [-0.2, 0) is 5.75 Å². The molecule has 0 aliphatic carbocycles. The topological polar surface area (TPSA) is 46.2 Å². The molecule has 0 heterocycles. The number of Topliss-reactive ketones (excluding diaryl/α,β-unsaturated/α-hetero) is 1. The summed E-state index contributed by atoms with van der Waals surface area (Å²) in [5.74, 6) is 0.618. The Morgan fingerprint density at radius 1 is 0.926 bits per heavy atom. The quantitative estimate of drug-likeness (QED) is 0.406. The highest BCUT2D eigenvalue weighted by molar-refractivity contribution is 7.98. The van der Waals surface area contributed by atoms with Crippen molar-refractivity contribution in [2.24, 2.45) is 0 Å². The van der Waals surface area contributed by atoms with E-state index in [0.29, 0.717) is 16.8 Å². The number of carbonyl (C=O) groups is 2. The highest BCUT2D eigenvalue weighted by atomic mass is 35.5. The first-order chi connectivity index (χ1) is 13.0. The molecule has 0 radical (unpaired) electrons. The number of amides is 1. The van der Waals surface area contributed by atoms with Gasteiger partial charge in [-0.2, -0.15) is 0 Å². The van der Waals surface area contributed by atoms with Crippen LogP contribution in [0.1, 0.15) is 33.2 Å². The van der Waals surface area contributed by atoms with Gasteiger partial charge in [-0.1, -0.05) is 29.8 Å². The zero-order valence-electron chi connectivity index (χ0n) is 14.7. The third-order valence-electron chi connectivity index (χ3n) is 3.96. The molecule has 0 aliphatic heterocycles. The van der Waals surface area contributed by atoms with Crippen molar-refractivity contribution in [1.29, 1.82) is 0 Å². The van der Waals surface area contributed by atoms with E-state index >= 15 is 0 Å². The number of benzene rings is 3. The number of thioether (sulfide) groups is 1. The minimum Gasteiger partial charge on any atom is -0.322 e. The Balaban J connectivity index is 1.64. The van der Waals surface area contributed by atoms with Crippen LogP contribution in [-0.4, -0.2) is 11.7 Å². The Bertz CT molecular complexity index is 953. The molecule has 3 aromatic carbocycles. The summed E-state index contributed by atoms with van der Waals surface area (Å²) >= 11 is 7.57. The molecule has 0 saturated carbocycles. The lowest BCUT2D eigenvalue weighted by Crippen LogP contribution is -2.11. The van der Waals surface area contributed by atoms with Crippen molar-refractivity contribution < 1.29 is 9.59 Å². The number of nitrogens with one attached hydrogen (secondary N) is 1. The molecule has 0 atom stereocenters. The number of anilines is 1. The molecule has 0 aromatic heterocycles. The molecule has 136 valence electrons. The van der Waals surface area contributed by atoms with Crippen LogP contribution >= 0.6 is 23.4 Å². The Morgan fingerprint density at radius 2 is 1.63 bits per heavy atom. The third kappa shape index (κ3) is 5.46. The molecule has 0 unspecified atom stereocenters. The lowest BCUT2D eigenvalue weighted by Gasteiger charge is -2.08. The van der Waals surface area contributed by atoms with Crippen LogP contribution in [0.3, 0.4) is 0 Å². The number of halogens is 1. The highest BCUT2D eigenvalue weighted by Gasteiger charge is 2.08. The fraction of sp³-hybridized carbons (Fsp3) is 0.0909. The van der Waals surface area contributed by atoms with Gasteiger partial charge < -0.3 is 5.32 Å². The zero-order valence-corrected chi connectivity index (χ0v) is 16.3. The first-order valence-electron chi connectivity index (χ1n) is 8.41. The molecule has 5 heteroatoms. The van der Waals surface area contributed by atoms with Gasteiger partial charge in [0, 0.05) is 32.5 Å². The summed E-state index contributed by atoms with van der Waals surface area (Å²) < 4.78 is 0. The van der Waals surface area contributed by atoms with Gasteiger partial charge in [-0.3, -0.25) is 9.59 Å². The van der Waals surface area contributed by atoms with Crippen LogP contribution in [0.25, 0.3) is 0 Å². The standard InChI is InChI=1S/C22H18ClNO2S/c1-15(25)17-7-11-20(12-8-17)24-22(26)18-3-2-4-21(13-18)27-14-16-5-9-19(23)10-6-16/h2-13H,14H2,1H3,(H,24,26). The second kappa shape index (κ2) is 8.89. The molecule has 0 aliphatic rings.